The van der Waals surface area contributed by atoms with Crippen molar-refractivity contribution in [2.24, 2.45) is 5.10 Å². The second-order valence-electron chi connectivity index (χ2n) is 5.03. The molecule has 0 aliphatic carbocycles. The average molecular weight is 373 g/mol. The maximum atomic E-state index is 11.8. The minimum absolute atomic E-state index is 0.0872. The molecule has 23 heavy (non-hydrogen) atoms. The highest BCUT2D eigenvalue weighted by atomic mass is 35.5. The van der Waals surface area contributed by atoms with Crippen LogP contribution in [0.1, 0.15) is 40.0 Å². The molecule has 124 valence electrons. The van der Waals surface area contributed by atoms with E-state index in [1.165, 1.54) is 11.3 Å². The molecule has 0 saturated carbocycles. The number of thiazole rings is 1. The van der Waals surface area contributed by atoms with Gasteiger partial charge in [0.15, 0.2) is 0 Å². The molecule has 2 aromatic rings. The van der Waals surface area contributed by atoms with Crippen molar-refractivity contribution >= 4 is 67.2 Å². The number of halogens is 2. The highest BCUT2D eigenvalue weighted by Gasteiger charge is 2.16. The molecule has 0 unspecified atom stereocenters. The molecule has 1 amide bonds. The molecule has 0 radical (unpaired) electrons. The van der Waals surface area contributed by atoms with Crippen LogP contribution in [0.15, 0.2) is 11.2 Å². The van der Waals surface area contributed by atoms with E-state index in [0.717, 1.165) is 23.3 Å². The van der Waals surface area contributed by atoms with Crippen LogP contribution in [-0.2, 0) is 4.79 Å². The molecule has 8 heteroatoms. The van der Waals surface area contributed by atoms with Gasteiger partial charge in [-0.15, -0.1) is 0 Å². The number of amides is 1. The second kappa shape index (κ2) is 7.95. The number of hydrogen-bond donors (Lipinski definition) is 2. The van der Waals surface area contributed by atoms with Crippen molar-refractivity contribution in [2.45, 2.75) is 40.0 Å². The van der Waals surface area contributed by atoms with Crippen LogP contribution in [0.5, 0.6) is 0 Å². The zero-order valence-electron chi connectivity index (χ0n) is 13.2. The quantitative estimate of drug-likeness (QED) is 0.516. The summed E-state index contributed by atoms with van der Waals surface area (Å²) in [5.41, 5.74) is 4.98. The van der Waals surface area contributed by atoms with E-state index < -0.39 is 0 Å². The number of hydrazone groups is 1. The zero-order valence-corrected chi connectivity index (χ0v) is 15.5. The largest absolute Gasteiger partial charge is 0.325 e. The first kappa shape index (κ1) is 18.0. The molecule has 1 aromatic heterocycles. The zero-order chi connectivity index (χ0) is 17.0. The molecule has 0 atom stereocenters. The van der Waals surface area contributed by atoms with E-state index in [1.807, 2.05) is 20.8 Å². The normalized spacial score (nSPS) is 11.8. The number of nitrogens with zero attached hydrogens (tertiary/aromatic N) is 2. The van der Waals surface area contributed by atoms with Crippen molar-refractivity contribution in [1.82, 2.24) is 4.98 Å². The van der Waals surface area contributed by atoms with Gasteiger partial charge >= 0.3 is 0 Å². The summed E-state index contributed by atoms with van der Waals surface area (Å²) in [6, 6.07) is 1.63. The van der Waals surface area contributed by atoms with E-state index in [9.17, 15) is 4.79 Å². The number of aromatic nitrogens is 1. The molecule has 0 aliphatic rings. The van der Waals surface area contributed by atoms with Crippen molar-refractivity contribution < 1.29 is 4.79 Å². The van der Waals surface area contributed by atoms with E-state index in [1.54, 1.807) is 6.07 Å². The third kappa shape index (κ3) is 4.34. The van der Waals surface area contributed by atoms with Crippen LogP contribution in [0.25, 0.3) is 10.2 Å². The Morgan fingerprint density at radius 1 is 1.39 bits per heavy atom. The summed E-state index contributed by atoms with van der Waals surface area (Å²) in [5.74, 6) is -0.0872. The van der Waals surface area contributed by atoms with E-state index in [4.69, 9.17) is 23.2 Å². The van der Waals surface area contributed by atoms with Gasteiger partial charge in [-0.2, -0.15) is 5.10 Å². The molecular weight excluding hydrogens is 355 g/mol. The molecule has 0 bridgehead atoms. The second-order valence-corrected chi connectivity index (χ2v) is 6.81. The third-order valence-electron chi connectivity index (χ3n) is 3.17. The number of hydrogen-bond acceptors (Lipinski definition) is 5. The summed E-state index contributed by atoms with van der Waals surface area (Å²) in [6.07, 6.45) is 2.06. The summed E-state index contributed by atoms with van der Waals surface area (Å²) in [5, 5.41) is 8.50. The number of carbonyl (C=O) groups is 1. The number of carbonyl (C=O) groups excluding carboxylic acids is 1. The van der Waals surface area contributed by atoms with Gasteiger partial charge in [-0.05, 0) is 25.8 Å². The SMILES string of the molecule is CCCC(=O)Nc1cc(Cl)c2nc(N/N=C(/C)CC)sc2c1Cl. The molecule has 0 aliphatic heterocycles. The molecule has 0 spiro atoms. The van der Waals surface area contributed by atoms with Gasteiger partial charge in [-0.25, -0.2) is 4.98 Å². The molecule has 1 heterocycles. The van der Waals surface area contributed by atoms with Gasteiger partial charge in [0.1, 0.15) is 5.52 Å². The van der Waals surface area contributed by atoms with E-state index in [2.05, 4.69) is 20.8 Å². The Morgan fingerprint density at radius 2 is 2.13 bits per heavy atom. The predicted molar refractivity (Wildman–Crippen MR) is 100 cm³/mol. The first-order valence-corrected chi connectivity index (χ1v) is 8.91. The van der Waals surface area contributed by atoms with Crippen molar-refractivity contribution in [1.29, 1.82) is 0 Å². The van der Waals surface area contributed by atoms with Crippen LogP contribution in [-0.4, -0.2) is 16.6 Å². The lowest BCUT2D eigenvalue weighted by molar-refractivity contribution is -0.116. The van der Waals surface area contributed by atoms with Gasteiger partial charge in [-0.1, -0.05) is 48.4 Å². The lowest BCUT2D eigenvalue weighted by Crippen LogP contribution is -2.10. The Kier molecular flexibility index (Phi) is 6.21. The van der Waals surface area contributed by atoms with Crippen molar-refractivity contribution in [2.75, 3.05) is 10.7 Å². The van der Waals surface area contributed by atoms with E-state index in [-0.39, 0.29) is 5.91 Å². The maximum Gasteiger partial charge on any atom is 0.224 e. The van der Waals surface area contributed by atoms with Gasteiger partial charge in [0.05, 0.1) is 20.4 Å². The Balaban J connectivity index is 2.36. The number of benzene rings is 1. The summed E-state index contributed by atoms with van der Waals surface area (Å²) in [4.78, 5) is 16.2. The van der Waals surface area contributed by atoms with Crippen LogP contribution in [0, 0.1) is 0 Å². The smallest absolute Gasteiger partial charge is 0.224 e. The fourth-order valence-corrected chi connectivity index (χ4v) is 3.29. The van der Waals surface area contributed by atoms with Crippen LogP contribution in [0.2, 0.25) is 10.0 Å². The maximum absolute atomic E-state index is 11.8. The lowest BCUT2D eigenvalue weighted by Gasteiger charge is -2.07. The topological polar surface area (TPSA) is 66.4 Å². The van der Waals surface area contributed by atoms with Crippen LogP contribution in [0.4, 0.5) is 10.8 Å². The molecular formula is C15H18Cl2N4OS. The minimum Gasteiger partial charge on any atom is -0.325 e. The fourth-order valence-electron chi connectivity index (χ4n) is 1.81. The van der Waals surface area contributed by atoms with Gasteiger partial charge in [0.2, 0.25) is 11.0 Å². The standard InChI is InChI=1S/C15H18Cl2N4OS/c1-4-6-11(22)18-10-7-9(16)13-14(12(10)17)23-15(19-13)21-20-8(3)5-2/h7H,4-6H2,1-3H3,(H,18,22)(H,19,21)/b20-8-. The molecule has 0 fully saturated rings. The number of fused-ring (bicyclic) bond motifs is 1. The monoisotopic (exact) mass is 372 g/mol. The summed E-state index contributed by atoms with van der Waals surface area (Å²) >= 11 is 14.0. The summed E-state index contributed by atoms with van der Waals surface area (Å²) in [7, 11) is 0. The molecule has 5 nitrogen and oxygen atoms in total. The van der Waals surface area contributed by atoms with Crippen LogP contribution in [0.3, 0.4) is 0 Å². The highest BCUT2D eigenvalue weighted by molar-refractivity contribution is 7.23. The number of nitrogens with one attached hydrogen (secondary N) is 2. The van der Waals surface area contributed by atoms with E-state index in [0.29, 0.717) is 32.8 Å². The van der Waals surface area contributed by atoms with Crippen molar-refractivity contribution in [3.05, 3.63) is 16.1 Å². The Labute approximate surface area is 149 Å². The predicted octanol–water partition coefficient (Wildman–Crippen LogP) is 5.54. The molecule has 1 aromatic carbocycles. The molecule has 2 N–H and O–H groups in total. The van der Waals surface area contributed by atoms with E-state index >= 15 is 0 Å². The molecule has 0 saturated heterocycles. The Morgan fingerprint density at radius 3 is 2.78 bits per heavy atom. The first-order chi connectivity index (χ1) is 11.0. The number of anilines is 2. The minimum atomic E-state index is -0.0872. The first-order valence-electron chi connectivity index (χ1n) is 7.33. The van der Waals surface area contributed by atoms with Gasteiger partial charge in [-0.3, -0.25) is 10.2 Å². The summed E-state index contributed by atoms with van der Waals surface area (Å²) < 4.78 is 0.720. The Bertz CT molecular complexity index is 758. The summed E-state index contributed by atoms with van der Waals surface area (Å²) in [6.45, 7) is 5.90. The van der Waals surface area contributed by atoms with Gasteiger partial charge in [0.25, 0.3) is 0 Å². The lowest BCUT2D eigenvalue weighted by atomic mass is 10.2. The fraction of sp³-hybridized carbons (Fsp3) is 0.400. The van der Waals surface area contributed by atoms with Crippen molar-refractivity contribution in [3.8, 4) is 0 Å². The van der Waals surface area contributed by atoms with Crippen LogP contribution < -0.4 is 10.7 Å². The van der Waals surface area contributed by atoms with Crippen molar-refractivity contribution in [3.63, 3.8) is 0 Å². The number of rotatable bonds is 6. The van der Waals surface area contributed by atoms with Gasteiger partial charge in [0, 0.05) is 12.1 Å². The third-order valence-corrected chi connectivity index (χ3v) is 4.94. The van der Waals surface area contributed by atoms with Gasteiger partial charge < -0.3 is 5.32 Å². The molecule has 2 rings (SSSR count). The highest BCUT2D eigenvalue weighted by Crippen LogP contribution is 2.41. The Hall–Kier alpha value is -1.37. The van der Waals surface area contributed by atoms with Crippen LogP contribution >= 0.6 is 34.5 Å². The average Bonchev–Trinajstić information content (AvgIpc) is 2.95.